The Balaban J connectivity index is 0.926. The van der Waals surface area contributed by atoms with Gasteiger partial charge in [-0.3, -0.25) is 18.1 Å². The number of benzene rings is 9. The Morgan fingerprint density at radius 1 is 0.464 bits per heavy atom. The smallest absolute Gasteiger partial charge is 0.269 e. The molecule has 14 rings (SSSR count). The lowest BCUT2D eigenvalue weighted by molar-refractivity contribution is -0.571. The first-order valence-corrected chi connectivity index (χ1v) is 23.3. The third-order valence-corrected chi connectivity index (χ3v) is 13.7. The number of hydrogen-bond acceptors (Lipinski definition) is 3. The number of para-hydroxylation sites is 9. The molecule has 14 aromatic rings. The van der Waals surface area contributed by atoms with Gasteiger partial charge in [0.1, 0.15) is 11.5 Å². The first-order chi connectivity index (χ1) is 34.0. The third-order valence-electron chi connectivity index (χ3n) is 13.7. The summed E-state index contributed by atoms with van der Waals surface area (Å²) in [5, 5.41) is 2.39. The minimum Gasteiger partial charge on any atom is -0.458 e. The van der Waals surface area contributed by atoms with Crippen LogP contribution in [-0.2, 0) is 0 Å². The van der Waals surface area contributed by atoms with Crippen LogP contribution in [0.4, 0.5) is 0 Å². The van der Waals surface area contributed by atoms with Crippen LogP contribution >= 0.6 is 0 Å². The van der Waals surface area contributed by atoms with Crippen molar-refractivity contribution in [1.82, 2.24) is 32.6 Å². The molecule has 328 valence electrons. The fourth-order valence-corrected chi connectivity index (χ4v) is 10.7. The molecule has 9 aromatic carbocycles. The highest BCUT2D eigenvalue weighted by atomic mass is 16.5. The monoisotopic (exact) mass is 890 g/mol. The van der Waals surface area contributed by atoms with Gasteiger partial charge in [0, 0.05) is 22.5 Å². The topological polar surface area (TPSA) is 63.0 Å². The summed E-state index contributed by atoms with van der Waals surface area (Å²) in [6.07, 6.45) is 3.79. The van der Waals surface area contributed by atoms with Crippen molar-refractivity contribution in [1.29, 1.82) is 0 Å². The summed E-state index contributed by atoms with van der Waals surface area (Å²) < 4.78 is 20.3. The van der Waals surface area contributed by atoms with Gasteiger partial charge in [0.15, 0.2) is 0 Å². The summed E-state index contributed by atoms with van der Waals surface area (Å²) in [5.74, 6) is 2.92. The lowest BCUT2D eigenvalue weighted by atomic mass is 10.1. The van der Waals surface area contributed by atoms with E-state index in [1.54, 1.807) is 0 Å². The van der Waals surface area contributed by atoms with Crippen molar-refractivity contribution in [3.05, 3.63) is 223 Å². The van der Waals surface area contributed by atoms with Gasteiger partial charge in [0.25, 0.3) is 6.33 Å². The van der Waals surface area contributed by atoms with Crippen molar-refractivity contribution in [2.24, 2.45) is 0 Å². The number of rotatable bonds is 7. The molecule has 0 atom stereocenters. The van der Waals surface area contributed by atoms with E-state index in [0.29, 0.717) is 11.5 Å². The summed E-state index contributed by atoms with van der Waals surface area (Å²) in [6, 6.07) is 70.0. The van der Waals surface area contributed by atoms with Gasteiger partial charge in [-0.05, 0) is 110 Å². The Labute approximate surface area is 396 Å². The van der Waals surface area contributed by atoms with Gasteiger partial charge in [-0.1, -0.05) is 121 Å². The van der Waals surface area contributed by atoms with E-state index in [-0.39, 0.29) is 0 Å². The summed E-state index contributed by atoms with van der Waals surface area (Å²) in [6.45, 7) is 6.45. The van der Waals surface area contributed by atoms with Gasteiger partial charge in [-0.2, -0.15) is 0 Å². The van der Waals surface area contributed by atoms with Crippen LogP contribution in [0.1, 0.15) is 16.7 Å². The Morgan fingerprint density at radius 2 is 1.13 bits per heavy atom. The van der Waals surface area contributed by atoms with Gasteiger partial charge in [0.2, 0.25) is 11.7 Å². The van der Waals surface area contributed by atoms with E-state index in [9.17, 15) is 0 Å². The molecule has 0 fully saturated rings. The molecule has 0 aliphatic rings. The Bertz CT molecular complexity index is 4370. The number of aromatic nitrogens is 8. The molecule has 0 saturated heterocycles. The van der Waals surface area contributed by atoms with E-state index in [4.69, 9.17) is 14.7 Å². The van der Waals surface area contributed by atoms with E-state index in [0.717, 1.165) is 106 Å². The van der Waals surface area contributed by atoms with Crippen LogP contribution in [0.25, 0.3) is 100 Å². The molecule has 69 heavy (non-hydrogen) atoms. The fraction of sp³-hybridized carbons (Fsp3) is 0.0500. The maximum absolute atomic E-state index is 6.88. The first kappa shape index (κ1) is 39.0. The molecule has 0 amide bonds. The van der Waals surface area contributed by atoms with Gasteiger partial charge in [0.05, 0.1) is 72.2 Å². The fourth-order valence-electron chi connectivity index (χ4n) is 10.7. The molecular weight excluding hydrogens is 849 g/mol. The molecule has 0 aliphatic carbocycles. The molecular formula is C60H42N8O. The molecule has 0 aliphatic heterocycles. The number of nitrogens with zero attached hydrogens (tertiary/aromatic N) is 8. The molecule has 0 radical (unpaired) electrons. The lowest BCUT2D eigenvalue weighted by Gasteiger charge is -2.16. The molecule has 0 N–H and O–H groups in total. The molecule has 0 saturated carbocycles. The largest absolute Gasteiger partial charge is 0.458 e. The zero-order valence-electron chi connectivity index (χ0n) is 38.0. The van der Waals surface area contributed by atoms with E-state index < -0.39 is 0 Å². The van der Waals surface area contributed by atoms with Gasteiger partial charge in [-0.25, -0.2) is 14.5 Å². The highest BCUT2D eigenvalue weighted by molar-refractivity contribution is 6.11. The standard InChI is InChI=1S/C60H42N8O/c1-38-17-14-31-53-56(38)62-60-66(53)52-34-33-44(36-55(52)68(60)59-61-47-26-8-10-28-49(47)67(59)57-39(2)18-13-19-40(57)3)69-43-23-15-22-42(35-43)63-37-64(51-30-12-11-29-50(51)63)54-32-16-25-46-45-24-7-9-27-48(45)65(58(46)54)41-20-5-4-6-21-41/h4-36H,1-3H3. The van der Waals surface area contributed by atoms with E-state index >= 15 is 0 Å². The lowest BCUT2D eigenvalue weighted by Crippen LogP contribution is -2.30. The van der Waals surface area contributed by atoms with Gasteiger partial charge in [-0.15, -0.1) is 0 Å². The van der Waals surface area contributed by atoms with E-state index in [2.05, 4.69) is 230 Å². The number of hydrogen-bond donors (Lipinski definition) is 0. The SMILES string of the molecule is Cc1cccc(C)c1-n1c(-n2c3cc(Oc4cccc(-n5[c-][n+](-c6cccc7c8ccccc8n(-c8ccccc8)c67)c6ccccc65)c4)ccc3n3c4cccc(C)c4nc23)nc2ccccc21. The number of imidazole rings is 4. The average molecular weight is 891 g/mol. The molecule has 5 aromatic heterocycles. The minimum atomic E-state index is 0.689. The van der Waals surface area contributed by atoms with Crippen LogP contribution in [0.5, 0.6) is 11.5 Å². The van der Waals surface area contributed by atoms with Crippen molar-refractivity contribution in [2.45, 2.75) is 20.8 Å². The first-order valence-electron chi connectivity index (χ1n) is 23.3. The van der Waals surface area contributed by atoms with Crippen molar-refractivity contribution in [3.8, 4) is 40.2 Å². The molecule has 0 bridgehead atoms. The number of fused-ring (bicyclic) bond motifs is 10. The third kappa shape index (κ3) is 5.80. The van der Waals surface area contributed by atoms with Crippen LogP contribution in [0.2, 0.25) is 0 Å². The van der Waals surface area contributed by atoms with Gasteiger partial charge < -0.3 is 9.30 Å². The zero-order valence-corrected chi connectivity index (χ0v) is 38.0. The van der Waals surface area contributed by atoms with Crippen molar-refractivity contribution < 1.29 is 9.30 Å². The minimum absolute atomic E-state index is 0.689. The Kier molecular flexibility index (Phi) is 8.42. The molecule has 5 heterocycles. The summed E-state index contributed by atoms with van der Waals surface area (Å²) >= 11 is 0. The van der Waals surface area contributed by atoms with Crippen molar-refractivity contribution >= 4 is 71.7 Å². The molecule has 9 heteroatoms. The van der Waals surface area contributed by atoms with Gasteiger partial charge >= 0.3 is 0 Å². The van der Waals surface area contributed by atoms with E-state index in [1.807, 2.05) is 24.3 Å². The molecule has 0 spiro atoms. The second-order valence-electron chi connectivity index (χ2n) is 17.9. The number of ether oxygens (including phenoxy) is 1. The predicted octanol–water partition coefficient (Wildman–Crippen LogP) is 13.6. The maximum Gasteiger partial charge on any atom is 0.269 e. The average Bonchev–Trinajstić information content (AvgIpc) is 4.19. The predicted molar refractivity (Wildman–Crippen MR) is 276 cm³/mol. The zero-order chi connectivity index (χ0) is 45.9. The molecule has 9 nitrogen and oxygen atoms in total. The second kappa shape index (κ2) is 14.9. The second-order valence-corrected chi connectivity index (χ2v) is 17.9. The quantitative estimate of drug-likeness (QED) is 0.118. The van der Waals surface area contributed by atoms with Crippen molar-refractivity contribution in [3.63, 3.8) is 0 Å². The summed E-state index contributed by atoms with van der Waals surface area (Å²) in [7, 11) is 0. The van der Waals surface area contributed by atoms with Crippen LogP contribution in [-0.4, -0.2) is 32.6 Å². The maximum atomic E-state index is 6.88. The highest BCUT2D eigenvalue weighted by Gasteiger charge is 2.25. The van der Waals surface area contributed by atoms with Crippen LogP contribution in [0.15, 0.2) is 200 Å². The Morgan fingerprint density at radius 3 is 2.00 bits per heavy atom. The van der Waals surface area contributed by atoms with Crippen LogP contribution < -0.4 is 9.30 Å². The normalized spacial score (nSPS) is 12.0. The highest BCUT2D eigenvalue weighted by Crippen LogP contribution is 2.38. The van der Waals surface area contributed by atoms with E-state index in [1.165, 1.54) is 10.8 Å². The number of aryl methyl sites for hydroxylation is 3. The summed E-state index contributed by atoms with van der Waals surface area (Å²) in [5.41, 5.74) is 17.8. The summed E-state index contributed by atoms with van der Waals surface area (Å²) in [4.78, 5) is 10.7. The van der Waals surface area contributed by atoms with Crippen LogP contribution in [0, 0.1) is 27.1 Å². The van der Waals surface area contributed by atoms with Crippen molar-refractivity contribution in [2.75, 3.05) is 0 Å². The molecule has 0 unspecified atom stereocenters. The van der Waals surface area contributed by atoms with Crippen LogP contribution in [0.3, 0.4) is 0 Å². The Hall–Kier alpha value is -9.21.